The zero-order valence-electron chi connectivity index (χ0n) is 15.6. The molecular formula is C18H26N6O2. The Labute approximate surface area is 153 Å². The topological polar surface area (TPSA) is 68.5 Å². The third kappa shape index (κ3) is 3.39. The van der Waals surface area contributed by atoms with Gasteiger partial charge >= 0.3 is 0 Å². The van der Waals surface area contributed by atoms with Crippen LogP contribution in [0.15, 0.2) is 18.2 Å². The molecule has 0 radical (unpaired) electrons. The van der Waals surface area contributed by atoms with Crippen molar-refractivity contribution in [3.63, 3.8) is 0 Å². The lowest BCUT2D eigenvalue weighted by molar-refractivity contribution is 0.0812. The summed E-state index contributed by atoms with van der Waals surface area (Å²) in [6.07, 6.45) is 0. The Balaban J connectivity index is 1.56. The molecule has 26 heavy (non-hydrogen) atoms. The third-order valence-electron chi connectivity index (χ3n) is 5.16. The van der Waals surface area contributed by atoms with Gasteiger partial charge in [0, 0.05) is 26.2 Å². The fourth-order valence-corrected chi connectivity index (χ4v) is 3.73. The SMILES string of the molecule is CC(C)[C@@H](c1nnnn1Cc1ccc2c(c1)OCO2)N1CCN(C)CC1. The molecule has 0 spiro atoms. The summed E-state index contributed by atoms with van der Waals surface area (Å²) in [6.45, 7) is 9.61. The molecule has 1 atom stereocenters. The fourth-order valence-electron chi connectivity index (χ4n) is 3.73. The van der Waals surface area contributed by atoms with Crippen molar-refractivity contribution in [3.8, 4) is 11.5 Å². The first-order chi connectivity index (χ1) is 12.6. The lowest BCUT2D eigenvalue weighted by atomic mass is 10.0. The van der Waals surface area contributed by atoms with Crippen LogP contribution in [0, 0.1) is 5.92 Å². The van der Waals surface area contributed by atoms with E-state index in [4.69, 9.17) is 9.47 Å². The molecule has 1 saturated heterocycles. The fraction of sp³-hybridized carbons (Fsp3) is 0.611. The highest BCUT2D eigenvalue weighted by atomic mass is 16.7. The minimum Gasteiger partial charge on any atom is -0.454 e. The zero-order chi connectivity index (χ0) is 18.1. The van der Waals surface area contributed by atoms with Gasteiger partial charge in [-0.3, -0.25) is 4.90 Å². The molecule has 0 saturated carbocycles. The molecule has 2 aliphatic heterocycles. The maximum absolute atomic E-state index is 5.48. The largest absolute Gasteiger partial charge is 0.454 e. The van der Waals surface area contributed by atoms with Crippen LogP contribution in [0.25, 0.3) is 0 Å². The Morgan fingerprint density at radius 3 is 2.62 bits per heavy atom. The van der Waals surface area contributed by atoms with E-state index < -0.39 is 0 Å². The van der Waals surface area contributed by atoms with Crippen molar-refractivity contribution in [1.29, 1.82) is 0 Å². The second-order valence-corrected chi connectivity index (χ2v) is 7.41. The second kappa shape index (κ2) is 7.20. The molecule has 8 heteroatoms. The van der Waals surface area contributed by atoms with Gasteiger partial charge in [-0.2, -0.15) is 0 Å². The van der Waals surface area contributed by atoms with Gasteiger partial charge in [-0.1, -0.05) is 19.9 Å². The predicted octanol–water partition coefficient (Wildman–Crippen LogP) is 1.39. The molecule has 3 heterocycles. The highest BCUT2D eigenvalue weighted by Crippen LogP contribution is 2.33. The van der Waals surface area contributed by atoms with E-state index >= 15 is 0 Å². The van der Waals surface area contributed by atoms with Crippen molar-refractivity contribution in [2.45, 2.75) is 26.4 Å². The number of piperazine rings is 1. The van der Waals surface area contributed by atoms with Gasteiger partial charge in [0.2, 0.25) is 6.79 Å². The minimum absolute atomic E-state index is 0.215. The monoisotopic (exact) mass is 358 g/mol. The average molecular weight is 358 g/mol. The Bertz CT molecular complexity index is 754. The van der Waals surface area contributed by atoms with Crippen LogP contribution in [-0.4, -0.2) is 70.0 Å². The normalized spacial score (nSPS) is 19.2. The molecule has 1 fully saturated rings. The first-order valence-corrected chi connectivity index (χ1v) is 9.19. The van der Waals surface area contributed by atoms with Gasteiger partial charge in [-0.25, -0.2) is 4.68 Å². The maximum Gasteiger partial charge on any atom is 0.231 e. The molecule has 0 aliphatic carbocycles. The smallest absolute Gasteiger partial charge is 0.231 e. The molecule has 2 aromatic rings. The molecular weight excluding hydrogens is 332 g/mol. The van der Waals surface area contributed by atoms with Crippen LogP contribution >= 0.6 is 0 Å². The molecule has 8 nitrogen and oxygen atoms in total. The molecule has 0 N–H and O–H groups in total. The average Bonchev–Trinajstić information content (AvgIpc) is 3.26. The summed E-state index contributed by atoms with van der Waals surface area (Å²) in [6, 6.07) is 6.21. The highest BCUT2D eigenvalue weighted by molar-refractivity contribution is 5.44. The van der Waals surface area contributed by atoms with Crippen LogP contribution in [0.2, 0.25) is 0 Å². The summed E-state index contributed by atoms with van der Waals surface area (Å²) in [5.41, 5.74) is 1.10. The highest BCUT2D eigenvalue weighted by Gasteiger charge is 2.30. The molecule has 1 aromatic heterocycles. The number of nitrogens with zero attached hydrogens (tertiary/aromatic N) is 6. The Morgan fingerprint density at radius 1 is 1.08 bits per heavy atom. The minimum atomic E-state index is 0.215. The summed E-state index contributed by atoms with van der Waals surface area (Å²) < 4.78 is 12.8. The quantitative estimate of drug-likeness (QED) is 0.800. The van der Waals surface area contributed by atoms with Gasteiger partial charge in [0.25, 0.3) is 0 Å². The Hall–Kier alpha value is -2.19. The van der Waals surface area contributed by atoms with E-state index in [2.05, 4.69) is 46.2 Å². The molecule has 0 unspecified atom stereocenters. The van der Waals surface area contributed by atoms with E-state index in [0.717, 1.165) is 49.1 Å². The Morgan fingerprint density at radius 2 is 1.85 bits per heavy atom. The van der Waals surface area contributed by atoms with Crippen molar-refractivity contribution in [3.05, 3.63) is 29.6 Å². The summed E-state index contributed by atoms with van der Waals surface area (Å²) >= 11 is 0. The number of rotatable bonds is 5. The first-order valence-electron chi connectivity index (χ1n) is 9.19. The standard InChI is InChI=1S/C18H26N6O2/c1-13(2)17(23-8-6-22(3)7-9-23)18-19-20-21-24(18)11-14-4-5-15-16(10-14)26-12-25-15/h4-5,10,13,17H,6-9,11-12H2,1-3H3/t17-/m0/s1. The van der Waals surface area contributed by atoms with Gasteiger partial charge in [-0.15, -0.1) is 5.10 Å². The summed E-state index contributed by atoms with van der Waals surface area (Å²) in [5.74, 6) is 2.95. The molecule has 2 aliphatic rings. The number of tetrazole rings is 1. The number of fused-ring (bicyclic) bond motifs is 1. The first kappa shape index (κ1) is 17.2. The van der Waals surface area contributed by atoms with Crippen LogP contribution < -0.4 is 9.47 Å². The van der Waals surface area contributed by atoms with Crippen molar-refractivity contribution < 1.29 is 9.47 Å². The van der Waals surface area contributed by atoms with Crippen LogP contribution in [0.3, 0.4) is 0 Å². The van der Waals surface area contributed by atoms with Gasteiger partial charge < -0.3 is 14.4 Å². The van der Waals surface area contributed by atoms with E-state index in [0.29, 0.717) is 12.5 Å². The van der Waals surface area contributed by atoms with Gasteiger partial charge in [0.05, 0.1) is 12.6 Å². The van der Waals surface area contributed by atoms with E-state index in [1.807, 2.05) is 22.9 Å². The van der Waals surface area contributed by atoms with E-state index in [1.54, 1.807) is 0 Å². The van der Waals surface area contributed by atoms with Crippen molar-refractivity contribution in [2.75, 3.05) is 40.0 Å². The number of ether oxygens (including phenoxy) is 2. The number of hydrogen-bond donors (Lipinski definition) is 0. The molecule has 140 valence electrons. The lowest BCUT2D eigenvalue weighted by Crippen LogP contribution is -2.47. The Kier molecular flexibility index (Phi) is 4.78. The number of hydrogen-bond acceptors (Lipinski definition) is 7. The van der Waals surface area contributed by atoms with Crippen molar-refractivity contribution >= 4 is 0 Å². The number of benzene rings is 1. The molecule has 4 rings (SSSR count). The van der Waals surface area contributed by atoms with Crippen molar-refractivity contribution in [2.24, 2.45) is 5.92 Å². The van der Waals surface area contributed by atoms with E-state index in [-0.39, 0.29) is 12.8 Å². The predicted molar refractivity (Wildman–Crippen MR) is 96.1 cm³/mol. The molecule has 1 aromatic carbocycles. The van der Waals surface area contributed by atoms with Gasteiger partial charge in [0.15, 0.2) is 17.3 Å². The van der Waals surface area contributed by atoms with Crippen LogP contribution in [0.1, 0.15) is 31.3 Å². The third-order valence-corrected chi connectivity index (χ3v) is 5.16. The molecule has 0 bridgehead atoms. The summed E-state index contributed by atoms with van der Waals surface area (Å²) in [7, 11) is 2.17. The lowest BCUT2D eigenvalue weighted by Gasteiger charge is -2.39. The van der Waals surface area contributed by atoms with Gasteiger partial charge in [-0.05, 0) is 41.1 Å². The van der Waals surface area contributed by atoms with Crippen LogP contribution in [0.5, 0.6) is 11.5 Å². The number of likely N-dealkylation sites (N-methyl/N-ethyl adjacent to an activating group) is 1. The zero-order valence-corrected chi connectivity index (χ0v) is 15.6. The van der Waals surface area contributed by atoms with Crippen LogP contribution in [-0.2, 0) is 6.54 Å². The van der Waals surface area contributed by atoms with Crippen molar-refractivity contribution in [1.82, 2.24) is 30.0 Å². The van der Waals surface area contributed by atoms with Gasteiger partial charge in [0.1, 0.15) is 0 Å². The second-order valence-electron chi connectivity index (χ2n) is 7.41. The summed E-state index contributed by atoms with van der Waals surface area (Å²) in [4.78, 5) is 4.87. The van der Waals surface area contributed by atoms with E-state index in [9.17, 15) is 0 Å². The number of aromatic nitrogens is 4. The molecule has 0 amide bonds. The summed E-state index contributed by atoms with van der Waals surface area (Å²) in [5, 5.41) is 12.6. The van der Waals surface area contributed by atoms with Crippen LogP contribution in [0.4, 0.5) is 0 Å². The maximum atomic E-state index is 5.48. The van der Waals surface area contributed by atoms with E-state index in [1.165, 1.54) is 0 Å².